The van der Waals surface area contributed by atoms with E-state index in [1.54, 1.807) is 18.5 Å². The van der Waals surface area contributed by atoms with Crippen LogP contribution in [0.4, 0.5) is 28.7 Å². The Balaban J connectivity index is -0.000000196. The third-order valence-electron chi connectivity index (χ3n) is 7.66. The molecule has 0 bridgehead atoms. The van der Waals surface area contributed by atoms with E-state index in [0.29, 0.717) is 5.82 Å². The van der Waals surface area contributed by atoms with Gasteiger partial charge in [-0.1, -0.05) is 63.6 Å². The standard InChI is InChI=1S/C10H14N4O2.C10H16N4.C5H3ClN2O2.C5H12N2.7CH4/c1-12-5-7-13(8-6-12)10-9(14(15)16)3-2-4-11-10;1-13-5-7-14(8-6-13)10-9(11)3-2-4-12-10;6-5-4(8(9)10)2-1-3-7-5;1-7-4-2-6-3-5-7;;;;;;;/h2-4H,5-8H2,1H3;2-4H,5-8,11H2,1H3;1-3H;6H,2-5H2,1H3;7*1H4. The lowest BCUT2D eigenvalue weighted by molar-refractivity contribution is -0.385. The monoisotopic (exact) mass is 785 g/mol. The van der Waals surface area contributed by atoms with Crippen LogP contribution in [0, 0.1) is 20.2 Å². The van der Waals surface area contributed by atoms with Gasteiger partial charge in [0.1, 0.15) is 0 Å². The highest BCUT2D eigenvalue weighted by atomic mass is 35.5. The maximum Gasteiger partial charge on any atom is 0.311 e. The van der Waals surface area contributed by atoms with Crippen LogP contribution in [0.1, 0.15) is 52.0 Å². The largest absolute Gasteiger partial charge is 0.396 e. The zero-order valence-electron chi connectivity index (χ0n) is 27.2. The molecule has 0 amide bonds. The molecule has 0 aliphatic carbocycles. The normalized spacial score (nSPS) is 15.0. The van der Waals surface area contributed by atoms with Crippen LogP contribution in [0.25, 0.3) is 0 Å². The molecule has 6 heterocycles. The summed E-state index contributed by atoms with van der Waals surface area (Å²) in [6.45, 7) is 12.3. The fraction of sp³-hybridized carbons (Fsp3) is 0.595. The molecule has 3 saturated heterocycles. The minimum absolute atomic E-state index is 0. The molecule has 0 atom stereocenters. The van der Waals surface area contributed by atoms with Crippen molar-refractivity contribution in [3.8, 4) is 0 Å². The molecule has 312 valence electrons. The van der Waals surface area contributed by atoms with Crippen molar-refractivity contribution in [1.82, 2.24) is 35.0 Å². The van der Waals surface area contributed by atoms with Gasteiger partial charge in [-0.3, -0.25) is 20.2 Å². The molecular formula is C37H73ClN12O4. The first-order valence-electron chi connectivity index (χ1n) is 15.4. The van der Waals surface area contributed by atoms with Crippen molar-refractivity contribution in [2.24, 2.45) is 0 Å². The molecule has 0 spiro atoms. The van der Waals surface area contributed by atoms with Crippen LogP contribution in [0.5, 0.6) is 0 Å². The summed E-state index contributed by atoms with van der Waals surface area (Å²) in [5.74, 6) is 1.42. The number of nitrogens with one attached hydrogen (secondary N) is 1. The molecule has 3 aromatic rings. The summed E-state index contributed by atoms with van der Waals surface area (Å²) in [4.78, 5) is 43.0. The number of pyridine rings is 3. The number of hydrogen-bond donors (Lipinski definition) is 2. The maximum atomic E-state index is 10.9. The van der Waals surface area contributed by atoms with Crippen LogP contribution in [0.3, 0.4) is 0 Å². The molecule has 3 aliphatic heterocycles. The number of nitrogens with two attached hydrogens (primary N) is 1. The van der Waals surface area contributed by atoms with Gasteiger partial charge in [-0.2, -0.15) is 0 Å². The minimum Gasteiger partial charge on any atom is -0.396 e. The van der Waals surface area contributed by atoms with Crippen molar-refractivity contribution in [1.29, 1.82) is 0 Å². The second kappa shape index (κ2) is 31.2. The fourth-order valence-electron chi connectivity index (χ4n) is 4.78. The van der Waals surface area contributed by atoms with Crippen molar-refractivity contribution in [2.75, 3.05) is 115 Å². The molecule has 3 N–H and O–H groups in total. The lowest BCUT2D eigenvalue weighted by Crippen LogP contribution is -2.45. The van der Waals surface area contributed by atoms with E-state index in [2.05, 4.69) is 54.0 Å². The number of rotatable bonds is 4. The molecule has 0 unspecified atom stereocenters. The third kappa shape index (κ3) is 19.7. The van der Waals surface area contributed by atoms with E-state index in [1.807, 2.05) is 24.1 Å². The number of hydrogen-bond acceptors (Lipinski definition) is 14. The van der Waals surface area contributed by atoms with Crippen molar-refractivity contribution in [2.45, 2.75) is 52.0 Å². The second-order valence-corrected chi connectivity index (χ2v) is 11.6. The highest BCUT2D eigenvalue weighted by molar-refractivity contribution is 6.31. The summed E-state index contributed by atoms with van der Waals surface area (Å²) in [6.07, 6.45) is 4.79. The number of anilines is 3. The average molecular weight is 786 g/mol. The number of halogens is 1. The number of likely N-dealkylation sites (N-methyl/N-ethyl adjacent to an activating group) is 3. The predicted octanol–water partition coefficient (Wildman–Crippen LogP) is 6.77. The molecule has 0 saturated carbocycles. The number of nitro groups is 2. The lowest BCUT2D eigenvalue weighted by atomic mass is 10.3. The van der Waals surface area contributed by atoms with Gasteiger partial charge in [0, 0.05) is 109 Å². The Morgan fingerprint density at radius 3 is 1.33 bits per heavy atom. The molecule has 0 aromatic carbocycles. The van der Waals surface area contributed by atoms with Crippen LogP contribution < -0.4 is 20.9 Å². The second-order valence-electron chi connectivity index (χ2n) is 11.2. The van der Waals surface area contributed by atoms with E-state index in [1.165, 1.54) is 37.5 Å². The number of aromatic nitrogens is 3. The molecule has 3 aromatic heterocycles. The zero-order chi connectivity index (χ0) is 34.2. The Morgan fingerprint density at radius 1 is 0.593 bits per heavy atom. The van der Waals surface area contributed by atoms with E-state index in [9.17, 15) is 20.2 Å². The summed E-state index contributed by atoms with van der Waals surface area (Å²) in [6, 6.07) is 9.63. The van der Waals surface area contributed by atoms with Gasteiger partial charge in [0.05, 0.1) is 15.5 Å². The zero-order valence-corrected chi connectivity index (χ0v) is 28.0. The van der Waals surface area contributed by atoms with Crippen molar-refractivity contribution in [3.63, 3.8) is 0 Å². The minimum atomic E-state index is -0.574. The molecular weight excluding hydrogens is 712 g/mol. The van der Waals surface area contributed by atoms with Gasteiger partial charge >= 0.3 is 11.4 Å². The molecule has 16 nitrogen and oxygen atoms in total. The topological polar surface area (TPSA) is 179 Å². The van der Waals surface area contributed by atoms with E-state index >= 15 is 0 Å². The van der Waals surface area contributed by atoms with E-state index < -0.39 is 4.92 Å². The predicted molar refractivity (Wildman–Crippen MR) is 232 cm³/mol. The SMILES string of the molecule is C.C.C.C.C.C.C.CN1CCN(c2ncccc2N)CC1.CN1CCN(c2ncccc2[N+](=O)[O-])CC1.CN1CCNCC1.O=[N+]([O-])c1cccnc1Cl. The Labute approximate surface area is 332 Å². The molecule has 54 heavy (non-hydrogen) atoms. The Morgan fingerprint density at radius 2 is 0.963 bits per heavy atom. The van der Waals surface area contributed by atoms with Crippen LogP contribution in [-0.2, 0) is 0 Å². The first-order valence-corrected chi connectivity index (χ1v) is 15.8. The Hall–Kier alpha value is -4.22. The van der Waals surface area contributed by atoms with Crippen molar-refractivity contribution >= 4 is 40.3 Å². The molecule has 17 heteroatoms. The van der Waals surface area contributed by atoms with E-state index in [-0.39, 0.29) is 73.4 Å². The first kappa shape index (κ1) is 59.1. The number of nitrogens with zero attached hydrogens (tertiary/aromatic N) is 10. The van der Waals surface area contributed by atoms with Crippen molar-refractivity contribution in [3.05, 3.63) is 80.4 Å². The van der Waals surface area contributed by atoms with Gasteiger partial charge in [-0.15, -0.1) is 0 Å². The van der Waals surface area contributed by atoms with Crippen LogP contribution in [0.15, 0.2) is 55.0 Å². The molecule has 3 aliphatic rings. The van der Waals surface area contributed by atoms with E-state index in [4.69, 9.17) is 17.3 Å². The van der Waals surface area contributed by atoms with Crippen LogP contribution in [-0.4, -0.2) is 139 Å². The highest BCUT2D eigenvalue weighted by Crippen LogP contribution is 2.25. The number of nitrogen functional groups attached to an aromatic ring is 1. The van der Waals surface area contributed by atoms with Crippen LogP contribution in [0.2, 0.25) is 5.15 Å². The fourth-order valence-corrected chi connectivity index (χ4v) is 4.96. The van der Waals surface area contributed by atoms with Gasteiger partial charge in [0.2, 0.25) is 11.0 Å². The Bertz CT molecular complexity index is 1400. The third-order valence-corrected chi connectivity index (χ3v) is 7.95. The quantitative estimate of drug-likeness (QED) is 0.161. The van der Waals surface area contributed by atoms with E-state index in [0.717, 1.165) is 77.0 Å². The molecule has 6 rings (SSSR count). The maximum absolute atomic E-state index is 10.9. The summed E-state index contributed by atoms with van der Waals surface area (Å²) in [5, 5.41) is 24.2. The van der Waals surface area contributed by atoms with Gasteiger partial charge < -0.3 is 35.6 Å². The van der Waals surface area contributed by atoms with Gasteiger partial charge in [0.25, 0.3) is 0 Å². The summed E-state index contributed by atoms with van der Waals surface area (Å²) in [7, 11) is 6.34. The summed E-state index contributed by atoms with van der Waals surface area (Å²) >= 11 is 5.37. The average Bonchev–Trinajstić information content (AvgIpc) is 3.07. The van der Waals surface area contributed by atoms with Crippen LogP contribution >= 0.6 is 11.6 Å². The highest BCUT2D eigenvalue weighted by Gasteiger charge is 2.23. The first-order chi connectivity index (χ1) is 22.6. The van der Waals surface area contributed by atoms with Gasteiger partial charge in [0.15, 0.2) is 5.82 Å². The summed E-state index contributed by atoms with van der Waals surface area (Å²) < 4.78 is 0. The summed E-state index contributed by atoms with van der Waals surface area (Å²) in [5.41, 5.74) is 6.57. The van der Waals surface area contributed by atoms with Crippen molar-refractivity contribution < 1.29 is 9.85 Å². The number of piperazine rings is 3. The smallest absolute Gasteiger partial charge is 0.311 e. The van der Waals surface area contributed by atoms with Gasteiger partial charge in [-0.25, -0.2) is 15.0 Å². The molecule has 0 radical (unpaired) electrons. The van der Waals surface area contributed by atoms with Gasteiger partial charge in [-0.05, 0) is 45.4 Å². The Kier molecular flexibility index (Phi) is 34.1. The molecule has 3 fully saturated rings. The lowest BCUT2D eigenvalue weighted by Gasteiger charge is -2.33.